The van der Waals surface area contributed by atoms with E-state index in [2.05, 4.69) is 0 Å². The van der Waals surface area contributed by atoms with Gasteiger partial charge in [0.15, 0.2) is 0 Å². The van der Waals surface area contributed by atoms with Gasteiger partial charge < -0.3 is 35.8 Å². The molecule has 2 nitrogen and oxygen atoms in total. The summed E-state index contributed by atoms with van der Waals surface area (Å²) < 4.78 is 0. The predicted molar refractivity (Wildman–Crippen MR) is 7.23 cm³/mol. The van der Waals surface area contributed by atoms with E-state index in [1.54, 1.807) is 0 Å². The molecule has 0 unspecified atom stereocenters. The van der Waals surface area contributed by atoms with Gasteiger partial charge in [-0.25, -0.2) is 0 Å². The second kappa shape index (κ2) is 78.0. The molecule has 0 bridgehead atoms. The Labute approximate surface area is 53.2 Å². The van der Waals surface area contributed by atoms with Crippen LogP contribution in [0.1, 0.15) is 0 Å². The minimum atomic E-state index is 0. The molecule has 0 saturated heterocycles. The number of hydrogen-bond donors (Lipinski definition) is 0. The molecule has 0 aliphatic carbocycles. The molecule has 0 aromatic heterocycles. The molecule has 0 aromatic carbocycles. The maximum absolute atomic E-state index is 0. The summed E-state index contributed by atoms with van der Waals surface area (Å²) in [4.78, 5) is 0. The van der Waals surface area contributed by atoms with Crippen molar-refractivity contribution in [2.45, 2.75) is 0 Å². The van der Waals surface area contributed by atoms with E-state index < -0.39 is 0 Å². The molecule has 0 amide bonds. The Balaban J connectivity index is 0. The van der Waals surface area contributed by atoms with E-state index in [9.17, 15) is 0 Å². The average Bonchev–Trinajstić information content (AvgIpc) is 0. The molecule has 0 aliphatic heterocycles. The van der Waals surface area contributed by atoms with Gasteiger partial charge in [-0.1, -0.05) is 0 Å². The summed E-state index contributed by atoms with van der Waals surface area (Å²) in [5.41, 5.74) is 0. The molecule has 5 heavy (non-hydrogen) atoms. The summed E-state index contributed by atoms with van der Waals surface area (Å²) in [5, 5.41) is 0. The van der Waals surface area contributed by atoms with Crippen LogP contribution in [0.5, 0.6) is 0 Å². The molecule has 0 rings (SSSR count). The zero-order chi connectivity index (χ0) is 0. The molecule has 5 heteroatoms. The van der Waals surface area contributed by atoms with Crippen molar-refractivity contribution in [3.63, 3.8) is 0 Å². The van der Waals surface area contributed by atoms with Gasteiger partial charge in [0.2, 0.25) is 0 Å². The standard InChI is InChI=1S/2ClH.Cu.2H2O/h2*1H;;2*1H2/p-2. The Morgan fingerprint density at radius 2 is 0.600 bits per heavy atom. The van der Waals surface area contributed by atoms with E-state index in [0.29, 0.717) is 0 Å². The van der Waals surface area contributed by atoms with Crippen molar-refractivity contribution < 1.29 is 52.8 Å². The van der Waals surface area contributed by atoms with Crippen molar-refractivity contribution in [2.75, 3.05) is 0 Å². The van der Waals surface area contributed by atoms with Crippen molar-refractivity contribution in [3.05, 3.63) is 0 Å². The summed E-state index contributed by atoms with van der Waals surface area (Å²) in [5.74, 6) is 0. The molecule has 0 atom stereocenters. The summed E-state index contributed by atoms with van der Waals surface area (Å²) in [6.45, 7) is 0. The molecule has 1 radical (unpaired) electrons. The number of rotatable bonds is 0. The molecule has 0 saturated carbocycles. The first kappa shape index (κ1) is 146. The van der Waals surface area contributed by atoms with Crippen molar-refractivity contribution in [2.24, 2.45) is 0 Å². The summed E-state index contributed by atoms with van der Waals surface area (Å²) in [6.07, 6.45) is 0. The van der Waals surface area contributed by atoms with E-state index in [1.165, 1.54) is 0 Å². The fourth-order valence-electron chi connectivity index (χ4n) is 0. The Morgan fingerprint density at radius 1 is 0.600 bits per heavy atom. The van der Waals surface area contributed by atoms with E-state index in [1.807, 2.05) is 0 Å². The van der Waals surface area contributed by atoms with Gasteiger partial charge in [-0.2, -0.15) is 0 Å². The van der Waals surface area contributed by atoms with Gasteiger partial charge in [0, 0.05) is 17.1 Å². The smallest absolute Gasteiger partial charge is 0 e. The molecule has 0 aliphatic rings. The fraction of sp³-hybridized carbons (Fsp3) is 0. The van der Waals surface area contributed by atoms with Crippen LogP contribution in [0.4, 0.5) is 0 Å². The molecule has 0 heterocycles. The van der Waals surface area contributed by atoms with Gasteiger partial charge >= 0.3 is 0 Å². The van der Waals surface area contributed by atoms with Crippen molar-refractivity contribution in [1.29, 1.82) is 0 Å². The van der Waals surface area contributed by atoms with Gasteiger partial charge in [0.1, 0.15) is 0 Å². The SMILES string of the molecule is O.O.[Cl-].[Cl-].[Cu]. The van der Waals surface area contributed by atoms with Gasteiger partial charge in [-0.15, -0.1) is 0 Å². The van der Waals surface area contributed by atoms with Gasteiger partial charge in [0.05, 0.1) is 0 Å². The molecule has 43 valence electrons. The third kappa shape index (κ3) is 44.0. The molecule has 4 N–H and O–H groups in total. The summed E-state index contributed by atoms with van der Waals surface area (Å²) in [7, 11) is 0. The van der Waals surface area contributed by atoms with Crippen LogP contribution in [0.3, 0.4) is 0 Å². The molecule has 0 spiro atoms. The number of halogens is 2. The maximum atomic E-state index is 0. The zero-order valence-corrected chi connectivity index (χ0v) is 4.51. The van der Waals surface area contributed by atoms with E-state index in [4.69, 9.17) is 0 Å². The van der Waals surface area contributed by atoms with Crippen molar-refractivity contribution >= 4 is 0 Å². The minimum Gasteiger partial charge on any atom is -1.00 e. The Kier molecular flexibility index (Phi) is 2280. The predicted octanol–water partition coefficient (Wildman–Crippen LogP) is -7.64. The van der Waals surface area contributed by atoms with Crippen LogP contribution in [0.15, 0.2) is 0 Å². The van der Waals surface area contributed by atoms with E-state index in [0.717, 1.165) is 0 Å². The largest absolute Gasteiger partial charge is 1.00 e. The quantitative estimate of drug-likeness (QED) is 0.324. The Morgan fingerprint density at radius 3 is 0.600 bits per heavy atom. The molecule has 0 aromatic rings. The first-order valence-electron chi connectivity index (χ1n) is 0. The Hall–Kier alpha value is 1.02. The van der Waals surface area contributed by atoms with Crippen LogP contribution in [0.2, 0.25) is 0 Å². The summed E-state index contributed by atoms with van der Waals surface area (Å²) in [6, 6.07) is 0. The van der Waals surface area contributed by atoms with Crippen LogP contribution in [-0.2, 0) is 17.1 Å². The zero-order valence-electron chi connectivity index (χ0n) is 2.06. The van der Waals surface area contributed by atoms with Crippen LogP contribution in [-0.4, -0.2) is 11.0 Å². The monoisotopic (exact) mass is 169 g/mol. The van der Waals surface area contributed by atoms with E-state index in [-0.39, 0.29) is 52.8 Å². The van der Waals surface area contributed by atoms with Crippen LogP contribution >= 0.6 is 0 Å². The van der Waals surface area contributed by atoms with Crippen molar-refractivity contribution in [3.8, 4) is 0 Å². The molecular formula is H4Cl2CuO2-2. The molecule has 0 fully saturated rings. The second-order valence-electron chi connectivity index (χ2n) is 0. The van der Waals surface area contributed by atoms with Crippen LogP contribution in [0, 0.1) is 0 Å². The summed E-state index contributed by atoms with van der Waals surface area (Å²) >= 11 is 0. The second-order valence-corrected chi connectivity index (χ2v) is 0. The first-order valence-corrected chi connectivity index (χ1v) is 0. The van der Waals surface area contributed by atoms with E-state index >= 15 is 0 Å². The first-order chi connectivity index (χ1) is 0. The van der Waals surface area contributed by atoms with Gasteiger partial charge in [-0.3, -0.25) is 0 Å². The minimum absolute atomic E-state index is 0. The van der Waals surface area contributed by atoms with Crippen LogP contribution < -0.4 is 24.8 Å². The average molecular weight is 170 g/mol. The van der Waals surface area contributed by atoms with Crippen LogP contribution in [0.25, 0.3) is 0 Å². The van der Waals surface area contributed by atoms with Crippen molar-refractivity contribution in [1.82, 2.24) is 0 Å². The third-order valence-corrected chi connectivity index (χ3v) is 0. The van der Waals surface area contributed by atoms with Gasteiger partial charge in [-0.05, 0) is 0 Å². The maximum Gasteiger partial charge on any atom is 0 e. The topological polar surface area (TPSA) is 63.0 Å². The number of hydrogen-bond acceptors (Lipinski definition) is 0. The fourth-order valence-corrected chi connectivity index (χ4v) is 0. The molecular weight excluding hydrogens is 166 g/mol. The Bertz CT molecular complexity index is 7.61. The normalized spacial score (nSPS) is 0. The third-order valence-electron chi connectivity index (χ3n) is 0. The van der Waals surface area contributed by atoms with Gasteiger partial charge in [0.25, 0.3) is 0 Å².